The number of benzene rings is 3. The topological polar surface area (TPSA) is 81.5 Å². The number of hydrogen-bond acceptors (Lipinski definition) is 5. The van der Waals surface area contributed by atoms with Gasteiger partial charge in [-0.3, -0.25) is 14.9 Å². The summed E-state index contributed by atoms with van der Waals surface area (Å²) in [6, 6.07) is 20.8. The minimum atomic E-state index is -0.447. The molecular formula is C22H16N2O4. The number of non-ortho nitro benzene ring substituents is 1. The zero-order valence-corrected chi connectivity index (χ0v) is 15.0. The monoisotopic (exact) mass is 372 g/mol. The average Bonchev–Trinajstić information content (AvgIpc) is 3.00. The standard InChI is InChI=1S/C22H16N2O4/c1-28-17-11-9-14(10-12-17)20-21(18-7-2-3-8-19(18)22(20)25)23-15-5-4-6-16(13-15)24(26)27/h2-13,23H,1H3. The van der Waals surface area contributed by atoms with Crippen LogP contribution in [0.1, 0.15) is 21.5 Å². The number of nitrogens with zero attached hydrogens (tertiary/aromatic N) is 1. The van der Waals surface area contributed by atoms with Crippen molar-refractivity contribution in [2.24, 2.45) is 0 Å². The fourth-order valence-corrected chi connectivity index (χ4v) is 3.29. The lowest BCUT2D eigenvalue weighted by molar-refractivity contribution is -0.384. The smallest absolute Gasteiger partial charge is 0.271 e. The highest BCUT2D eigenvalue weighted by molar-refractivity contribution is 6.40. The Morgan fingerprint density at radius 2 is 1.64 bits per heavy atom. The first-order valence-electron chi connectivity index (χ1n) is 8.63. The number of anilines is 1. The Balaban J connectivity index is 1.84. The van der Waals surface area contributed by atoms with Gasteiger partial charge in [0.1, 0.15) is 5.75 Å². The predicted molar refractivity (Wildman–Crippen MR) is 107 cm³/mol. The molecule has 138 valence electrons. The van der Waals surface area contributed by atoms with E-state index in [1.54, 1.807) is 37.4 Å². The zero-order valence-electron chi connectivity index (χ0n) is 15.0. The van der Waals surface area contributed by atoms with Crippen molar-refractivity contribution in [1.29, 1.82) is 0 Å². The van der Waals surface area contributed by atoms with Crippen molar-refractivity contribution in [2.75, 3.05) is 12.4 Å². The third-order valence-corrected chi connectivity index (χ3v) is 4.62. The molecule has 6 heteroatoms. The minimum Gasteiger partial charge on any atom is -0.497 e. The van der Waals surface area contributed by atoms with Gasteiger partial charge in [-0.1, -0.05) is 42.5 Å². The van der Waals surface area contributed by atoms with Gasteiger partial charge in [-0.05, 0) is 23.8 Å². The van der Waals surface area contributed by atoms with Crippen LogP contribution >= 0.6 is 0 Å². The number of nitro benzene ring substituents is 1. The maximum Gasteiger partial charge on any atom is 0.271 e. The molecule has 3 aromatic rings. The maximum absolute atomic E-state index is 13.1. The lowest BCUT2D eigenvalue weighted by Crippen LogP contribution is -2.02. The molecule has 0 saturated heterocycles. The van der Waals surface area contributed by atoms with Crippen molar-refractivity contribution in [3.63, 3.8) is 0 Å². The molecule has 4 rings (SSSR count). The van der Waals surface area contributed by atoms with Gasteiger partial charge in [-0.2, -0.15) is 0 Å². The molecule has 0 spiro atoms. The second kappa shape index (κ2) is 7.00. The molecule has 0 aromatic heterocycles. The van der Waals surface area contributed by atoms with Gasteiger partial charge in [0.2, 0.25) is 0 Å². The largest absolute Gasteiger partial charge is 0.497 e. The lowest BCUT2D eigenvalue weighted by Gasteiger charge is -2.12. The van der Waals surface area contributed by atoms with Crippen molar-refractivity contribution in [3.05, 3.63) is 99.6 Å². The van der Waals surface area contributed by atoms with Gasteiger partial charge >= 0.3 is 0 Å². The van der Waals surface area contributed by atoms with Crippen LogP contribution in [-0.2, 0) is 0 Å². The SMILES string of the molecule is COc1ccc(C2=C(Nc3cccc([N+](=O)[O-])c3)c3ccccc3C2=O)cc1. The maximum atomic E-state index is 13.1. The van der Waals surface area contributed by atoms with Gasteiger partial charge in [0.05, 0.1) is 23.3 Å². The average molecular weight is 372 g/mol. The number of carbonyl (C=O) groups is 1. The molecule has 0 atom stereocenters. The number of Topliss-reactive ketones (excluding diaryl/α,β-unsaturated/α-hetero) is 1. The summed E-state index contributed by atoms with van der Waals surface area (Å²) >= 11 is 0. The van der Waals surface area contributed by atoms with E-state index in [9.17, 15) is 14.9 Å². The highest BCUT2D eigenvalue weighted by Crippen LogP contribution is 2.39. The summed E-state index contributed by atoms with van der Waals surface area (Å²) in [5.74, 6) is 0.606. The Bertz CT molecular complexity index is 1120. The molecule has 0 amide bonds. The van der Waals surface area contributed by atoms with E-state index in [2.05, 4.69) is 5.32 Å². The highest BCUT2D eigenvalue weighted by Gasteiger charge is 2.30. The number of nitro groups is 1. The molecule has 0 bridgehead atoms. The van der Waals surface area contributed by atoms with Crippen molar-refractivity contribution >= 4 is 28.4 Å². The summed E-state index contributed by atoms with van der Waals surface area (Å²) in [6.07, 6.45) is 0. The Labute approximate surface area is 161 Å². The van der Waals surface area contributed by atoms with Crippen LogP contribution in [0.2, 0.25) is 0 Å². The number of ether oxygens (including phenoxy) is 1. The quantitative estimate of drug-likeness (QED) is 0.515. The van der Waals surface area contributed by atoms with Crippen molar-refractivity contribution in [1.82, 2.24) is 0 Å². The Kier molecular flexibility index (Phi) is 4.37. The fraction of sp³-hybridized carbons (Fsp3) is 0.0455. The Morgan fingerprint density at radius 3 is 2.32 bits per heavy atom. The molecule has 0 unspecified atom stereocenters. The minimum absolute atomic E-state index is 0.0193. The summed E-state index contributed by atoms with van der Waals surface area (Å²) in [4.78, 5) is 23.7. The molecule has 0 fully saturated rings. The van der Waals surface area contributed by atoms with Gasteiger partial charge in [0.25, 0.3) is 5.69 Å². The van der Waals surface area contributed by atoms with E-state index in [1.165, 1.54) is 12.1 Å². The molecule has 1 aliphatic carbocycles. The van der Waals surface area contributed by atoms with Crippen molar-refractivity contribution in [2.45, 2.75) is 0 Å². The van der Waals surface area contributed by atoms with Crippen LogP contribution in [0, 0.1) is 10.1 Å². The molecule has 1 N–H and O–H groups in total. The molecule has 0 heterocycles. The number of nitrogens with one attached hydrogen (secondary N) is 1. The first-order valence-corrected chi connectivity index (χ1v) is 8.63. The molecule has 1 aliphatic rings. The number of methoxy groups -OCH3 is 1. The van der Waals surface area contributed by atoms with Crippen molar-refractivity contribution in [3.8, 4) is 5.75 Å². The molecular weight excluding hydrogens is 356 g/mol. The normalized spacial score (nSPS) is 12.7. The lowest BCUT2D eigenvalue weighted by atomic mass is 10.0. The third-order valence-electron chi connectivity index (χ3n) is 4.62. The summed E-state index contributed by atoms with van der Waals surface area (Å²) in [7, 11) is 1.58. The second-order valence-corrected chi connectivity index (χ2v) is 6.29. The number of ketones is 1. The second-order valence-electron chi connectivity index (χ2n) is 6.29. The number of fused-ring (bicyclic) bond motifs is 1. The predicted octanol–water partition coefficient (Wildman–Crippen LogP) is 4.78. The van der Waals surface area contributed by atoms with Crippen LogP contribution in [-0.4, -0.2) is 17.8 Å². The van der Waals surface area contributed by atoms with E-state index in [0.29, 0.717) is 28.3 Å². The molecule has 0 saturated carbocycles. The van der Waals surface area contributed by atoms with E-state index in [1.807, 2.05) is 30.3 Å². The summed E-state index contributed by atoms with van der Waals surface area (Å²) < 4.78 is 5.20. The van der Waals surface area contributed by atoms with Gasteiger partial charge < -0.3 is 10.1 Å². The first kappa shape index (κ1) is 17.5. The van der Waals surface area contributed by atoms with Crippen LogP contribution in [0.4, 0.5) is 11.4 Å². The third kappa shape index (κ3) is 3.01. The number of hydrogen-bond donors (Lipinski definition) is 1. The number of carbonyl (C=O) groups excluding carboxylic acids is 1. The van der Waals surface area contributed by atoms with Crippen LogP contribution in [0.3, 0.4) is 0 Å². The van der Waals surface area contributed by atoms with Gasteiger partial charge in [-0.15, -0.1) is 0 Å². The summed E-state index contributed by atoms with van der Waals surface area (Å²) in [6.45, 7) is 0. The van der Waals surface area contributed by atoms with Crippen LogP contribution in [0.25, 0.3) is 11.3 Å². The molecule has 28 heavy (non-hydrogen) atoms. The highest BCUT2D eigenvalue weighted by atomic mass is 16.6. The summed E-state index contributed by atoms with van der Waals surface area (Å²) in [5, 5.41) is 14.3. The summed E-state index contributed by atoms with van der Waals surface area (Å²) in [5.41, 5.74) is 3.79. The van der Waals surface area contributed by atoms with Gasteiger partial charge in [-0.25, -0.2) is 0 Å². The Morgan fingerprint density at radius 1 is 0.929 bits per heavy atom. The van der Waals surface area contributed by atoms with Gasteiger partial charge in [0.15, 0.2) is 5.78 Å². The van der Waals surface area contributed by atoms with Crippen LogP contribution in [0.5, 0.6) is 5.75 Å². The fourth-order valence-electron chi connectivity index (χ4n) is 3.29. The molecule has 0 aliphatic heterocycles. The number of allylic oxidation sites excluding steroid dienone is 1. The number of rotatable bonds is 5. The molecule has 0 radical (unpaired) electrons. The van der Waals surface area contributed by atoms with Crippen LogP contribution in [0.15, 0.2) is 72.8 Å². The van der Waals surface area contributed by atoms with E-state index in [4.69, 9.17) is 4.74 Å². The zero-order chi connectivity index (χ0) is 19.7. The molecule has 3 aromatic carbocycles. The first-order chi connectivity index (χ1) is 13.6. The van der Waals surface area contributed by atoms with E-state index < -0.39 is 4.92 Å². The molecule has 6 nitrogen and oxygen atoms in total. The Hall–Kier alpha value is -3.93. The van der Waals surface area contributed by atoms with E-state index in [-0.39, 0.29) is 11.5 Å². The van der Waals surface area contributed by atoms with E-state index in [0.717, 1.165) is 11.1 Å². The van der Waals surface area contributed by atoms with Crippen molar-refractivity contribution < 1.29 is 14.5 Å². The van der Waals surface area contributed by atoms with Crippen LogP contribution < -0.4 is 10.1 Å². The van der Waals surface area contributed by atoms with E-state index >= 15 is 0 Å². The van der Waals surface area contributed by atoms with Gasteiger partial charge in [0, 0.05) is 28.9 Å².